The second-order valence-corrected chi connectivity index (χ2v) is 7.53. The zero-order valence-corrected chi connectivity index (χ0v) is 19.2. The molecule has 0 aliphatic carbocycles. The van der Waals surface area contributed by atoms with Crippen molar-refractivity contribution in [2.24, 2.45) is 4.99 Å². The van der Waals surface area contributed by atoms with Crippen LogP contribution in [0.5, 0.6) is 0 Å². The summed E-state index contributed by atoms with van der Waals surface area (Å²) in [7, 11) is 1.72. The molecule has 0 aliphatic rings. The summed E-state index contributed by atoms with van der Waals surface area (Å²) in [4.78, 5) is 7.52. The number of halogens is 1. The molecule has 2 N–H and O–H groups in total. The predicted molar refractivity (Wildman–Crippen MR) is 123 cm³/mol. The topological polar surface area (TPSA) is 45.7 Å². The molecular weight excluding hydrogens is 457 g/mol. The summed E-state index contributed by atoms with van der Waals surface area (Å²) < 4.78 is 5.28. The molecular formula is C20H30IN3OS. The third-order valence-corrected chi connectivity index (χ3v) is 4.88. The first-order valence-electron chi connectivity index (χ1n) is 8.78. The zero-order valence-electron chi connectivity index (χ0n) is 16.0. The van der Waals surface area contributed by atoms with E-state index in [2.05, 4.69) is 55.7 Å². The van der Waals surface area contributed by atoms with E-state index in [0.717, 1.165) is 18.9 Å². The maximum Gasteiger partial charge on any atom is 0.191 e. The van der Waals surface area contributed by atoms with E-state index in [-0.39, 0.29) is 24.0 Å². The minimum atomic E-state index is 0. The number of methoxy groups -OCH3 is 1. The molecule has 6 heteroatoms. The Morgan fingerprint density at radius 2 is 1.92 bits per heavy atom. The quantitative estimate of drug-likeness (QED) is 0.327. The predicted octanol–water partition coefficient (Wildman–Crippen LogP) is 4.51. The highest BCUT2D eigenvalue weighted by atomic mass is 127. The summed E-state index contributed by atoms with van der Waals surface area (Å²) in [5, 5.41) is 6.85. The van der Waals surface area contributed by atoms with Crippen LogP contribution in [0, 0.1) is 6.92 Å². The van der Waals surface area contributed by atoms with Gasteiger partial charge in [-0.15, -0.1) is 35.3 Å². The number of hydrogen-bond donors (Lipinski definition) is 2. The lowest BCUT2D eigenvalue weighted by atomic mass is 10.1. The van der Waals surface area contributed by atoms with Gasteiger partial charge in [0.1, 0.15) is 0 Å². The zero-order chi connectivity index (χ0) is 18.1. The van der Waals surface area contributed by atoms with Gasteiger partial charge in [0.2, 0.25) is 0 Å². The number of ether oxygens (including phenoxy) is 1. The summed E-state index contributed by atoms with van der Waals surface area (Å²) in [6, 6.07) is 13.0. The van der Waals surface area contributed by atoms with E-state index in [0.29, 0.717) is 19.2 Å². The first kappa shape index (κ1) is 22.9. The van der Waals surface area contributed by atoms with Crippen molar-refractivity contribution in [3.05, 3.63) is 57.3 Å². The maximum absolute atomic E-state index is 5.28. The van der Waals surface area contributed by atoms with Crippen LogP contribution in [0.4, 0.5) is 0 Å². The molecule has 1 aromatic carbocycles. The van der Waals surface area contributed by atoms with Gasteiger partial charge in [0, 0.05) is 35.9 Å². The van der Waals surface area contributed by atoms with Crippen LogP contribution in [0.15, 0.2) is 41.4 Å². The second-order valence-electron chi connectivity index (χ2n) is 6.16. The third-order valence-electron chi connectivity index (χ3n) is 3.86. The van der Waals surface area contributed by atoms with Crippen molar-refractivity contribution in [1.82, 2.24) is 10.6 Å². The van der Waals surface area contributed by atoms with Gasteiger partial charge in [0.05, 0.1) is 13.2 Å². The van der Waals surface area contributed by atoms with Gasteiger partial charge >= 0.3 is 0 Å². The SMILES string of the molecule is CCNC(=NCc1ccccc1COC)NC(C)Cc1ccc(C)s1.I. The largest absolute Gasteiger partial charge is 0.380 e. The van der Waals surface area contributed by atoms with Gasteiger partial charge in [0.15, 0.2) is 5.96 Å². The Bertz CT molecular complexity index is 687. The lowest BCUT2D eigenvalue weighted by Gasteiger charge is -2.17. The average Bonchev–Trinajstić information content (AvgIpc) is 2.99. The molecule has 0 bridgehead atoms. The molecule has 0 aliphatic heterocycles. The van der Waals surface area contributed by atoms with E-state index in [1.165, 1.54) is 20.9 Å². The Kier molecular flexibility index (Phi) is 10.8. The minimum Gasteiger partial charge on any atom is -0.380 e. The van der Waals surface area contributed by atoms with E-state index in [9.17, 15) is 0 Å². The molecule has 1 atom stereocenters. The van der Waals surface area contributed by atoms with Gasteiger partial charge in [-0.1, -0.05) is 24.3 Å². The third kappa shape index (κ3) is 7.63. The van der Waals surface area contributed by atoms with E-state index in [1.54, 1.807) is 7.11 Å². The highest BCUT2D eigenvalue weighted by Gasteiger charge is 2.08. The Labute approximate surface area is 178 Å². The van der Waals surface area contributed by atoms with Crippen LogP contribution >= 0.6 is 35.3 Å². The molecule has 0 amide bonds. The second kappa shape index (κ2) is 12.3. The molecule has 1 aromatic heterocycles. The van der Waals surface area contributed by atoms with Crippen LogP contribution < -0.4 is 10.6 Å². The molecule has 0 radical (unpaired) electrons. The van der Waals surface area contributed by atoms with Crippen molar-refractivity contribution in [3.8, 4) is 0 Å². The van der Waals surface area contributed by atoms with E-state index < -0.39 is 0 Å². The van der Waals surface area contributed by atoms with Crippen molar-refractivity contribution in [3.63, 3.8) is 0 Å². The fourth-order valence-corrected chi connectivity index (χ4v) is 3.69. The van der Waals surface area contributed by atoms with Crippen molar-refractivity contribution in [1.29, 1.82) is 0 Å². The van der Waals surface area contributed by atoms with E-state index >= 15 is 0 Å². The number of benzene rings is 1. The van der Waals surface area contributed by atoms with Crippen LogP contribution in [0.2, 0.25) is 0 Å². The molecule has 0 saturated heterocycles. The van der Waals surface area contributed by atoms with Gasteiger partial charge < -0.3 is 15.4 Å². The number of aliphatic imine (C=N–C) groups is 1. The molecule has 4 nitrogen and oxygen atoms in total. The van der Waals surface area contributed by atoms with Gasteiger partial charge in [0.25, 0.3) is 0 Å². The number of hydrogen-bond acceptors (Lipinski definition) is 3. The number of aryl methyl sites for hydroxylation is 1. The highest BCUT2D eigenvalue weighted by Crippen LogP contribution is 2.16. The number of thiophene rings is 1. The fraction of sp³-hybridized carbons (Fsp3) is 0.450. The molecule has 0 fully saturated rings. The Morgan fingerprint density at radius 1 is 1.19 bits per heavy atom. The summed E-state index contributed by atoms with van der Waals surface area (Å²) in [6.07, 6.45) is 1.00. The number of nitrogens with zero attached hydrogens (tertiary/aromatic N) is 1. The van der Waals surface area contributed by atoms with Gasteiger partial charge in [-0.05, 0) is 44.0 Å². The Morgan fingerprint density at radius 3 is 2.54 bits per heavy atom. The summed E-state index contributed by atoms with van der Waals surface area (Å²) >= 11 is 1.86. The van der Waals surface area contributed by atoms with Crippen molar-refractivity contribution >= 4 is 41.3 Å². The molecule has 0 saturated carbocycles. The van der Waals surface area contributed by atoms with Crippen LogP contribution in [-0.4, -0.2) is 25.7 Å². The van der Waals surface area contributed by atoms with Gasteiger partial charge in [-0.3, -0.25) is 0 Å². The normalized spacial score (nSPS) is 12.4. The maximum atomic E-state index is 5.28. The smallest absolute Gasteiger partial charge is 0.191 e. The number of nitrogens with one attached hydrogen (secondary N) is 2. The molecule has 2 aromatic rings. The van der Waals surface area contributed by atoms with Gasteiger partial charge in [-0.2, -0.15) is 0 Å². The number of rotatable bonds is 8. The van der Waals surface area contributed by atoms with E-state index in [4.69, 9.17) is 9.73 Å². The summed E-state index contributed by atoms with van der Waals surface area (Å²) in [5.41, 5.74) is 2.38. The van der Waals surface area contributed by atoms with Crippen molar-refractivity contribution < 1.29 is 4.74 Å². The lowest BCUT2D eigenvalue weighted by Crippen LogP contribution is -2.43. The first-order valence-corrected chi connectivity index (χ1v) is 9.60. The molecule has 1 heterocycles. The molecule has 26 heavy (non-hydrogen) atoms. The standard InChI is InChI=1S/C20H29N3OS.HI/c1-5-21-20(23-15(2)12-19-11-10-16(3)25-19)22-13-17-8-6-7-9-18(17)14-24-4;/h6-11,15H,5,12-14H2,1-4H3,(H2,21,22,23);1H. The van der Waals surface area contributed by atoms with Crippen LogP contribution in [-0.2, 0) is 24.3 Å². The lowest BCUT2D eigenvalue weighted by molar-refractivity contribution is 0.184. The minimum absolute atomic E-state index is 0. The van der Waals surface area contributed by atoms with Crippen LogP contribution in [0.25, 0.3) is 0 Å². The Balaban J connectivity index is 0.00000338. The van der Waals surface area contributed by atoms with Crippen molar-refractivity contribution in [2.75, 3.05) is 13.7 Å². The van der Waals surface area contributed by atoms with Crippen molar-refractivity contribution in [2.45, 2.75) is 46.4 Å². The highest BCUT2D eigenvalue weighted by molar-refractivity contribution is 14.0. The molecule has 2 rings (SSSR count). The molecule has 1 unspecified atom stereocenters. The van der Waals surface area contributed by atoms with E-state index in [1.807, 2.05) is 23.5 Å². The fourth-order valence-electron chi connectivity index (χ4n) is 2.67. The van der Waals surface area contributed by atoms with Crippen LogP contribution in [0.3, 0.4) is 0 Å². The average molecular weight is 487 g/mol. The monoisotopic (exact) mass is 487 g/mol. The first-order chi connectivity index (χ1) is 12.1. The summed E-state index contributed by atoms with van der Waals surface area (Å²) in [5.74, 6) is 0.857. The Hall–Kier alpha value is -1.12. The number of guanidine groups is 1. The van der Waals surface area contributed by atoms with Gasteiger partial charge in [-0.25, -0.2) is 4.99 Å². The summed E-state index contributed by atoms with van der Waals surface area (Å²) in [6.45, 7) is 8.53. The molecule has 144 valence electrons. The molecule has 0 spiro atoms. The van der Waals surface area contributed by atoms with Crippen LogP contribution in [0.1, 0.15) is 34.7 Å².